The lowest BCUT2D eigenvalue weighted by atomic mass is 10.1. The van der Waals surface area contributed by atoms with Crippen molar-refractivity contribution in [2.45, 2.75) is 33.6 Å². The molecule has 0 aliphatic rings. The molecule has 0 radical (unpaired) electrons. The third-order valence-corrected chi connectivity index (χ3v) is 2.37. The number of rotatable bonds is 6. The third kappa shape index (κ3) is 5.38. The summed E-state index contributed by atoms with van der Waals surface area (Å²) < 4.78 is 5.56. The smallest absolute Gasteiger partial charge is 0.223 e. The molecule has 0 aliphatic heterocycles. The van der Waals surface area contributed by atoms with E-state index in [4.69, 9.17) is 4.74 Å². The molecule has 1 rings (SSSR count). The number of hydrogen-bond acceptors (Lipinski definition) is 2. The van der Waals surface area contributed by atoms with E-state index < -0.39 is 0 Å². The summed E-state index contributed by atoms with van der Waals surface area (Å²) in [6, 6.07) is 6.06. The van der Waals surface area contributed by atoms with Gasteiger partial charge in [0.15, 0.2) is 0 Å². The van der Waals surface area contributed by atoms with Crippen LogP contribution in [0.5, 0.6) is 5.75 Å². The predicted molar refractivity (Wildman–Crippen MR) is 69.3 cm³/mol. The Morgan fingerprint density at radius 2 is 1.88 bits per heavy atom. The fourth-order valence-electron chi connectivity index (χ4n) is 1.63. The second kappa shape index (κ2) is 6.94. The van der Waals surface area contributed by atoms with E-state index in [2.05, 4.69) is 11.4 Å². The molecule has 1 N–H and O–H groups in total. The number of carbonyl (C=O) groups excluding carboxylic acids is 1. The lowest BCUT2D eigenvalue weighted by Crippen LogP contribution is -2.25. The van der Waals surface area contributed by atoms with Crippen molar-refractivity contribution in [2.75, 3.05) is 13.2 Å². The van der Waals surface area contributed by atoms with Crippen molar-refractivity contribution in [1.29, 1.82) is 0 Å². The van der Waals surface area contributed by atoms with Crippen LogP contribution < -0.4 is 10.1 Å². The number of carbonyl (C=O) groups is 1. The number of ether oxygens (including phenoxy) is 1. The Morgan fingerprint density at radius 1 is 1.24 bits per heavy atom. The molecular weight excluding hydrogens is 214 g/mol. The molecule has 0 atom stereocenters. The van der Waals surface area contributed by atoms with Gasteiger partial charge in [-0.25, -0.2) is 0 Å². The zero-order valence-electron chi connectivity index (χ0n) is 10.9. The second-order valence-electron chi connectivity index (χ2n) is 4.27. The minimum absolute atomic E-state index is 0.0521. The van der Waals surface area contributed by atoms with E-state index in [-0.39, 0.29) is 5.91 Å². The number of nitrogens with one attached hydrogen (secondary N) is 1. The normalized spacial score (nSPS) is 10.1. The average Bonchev–Trinajstić information content (AvgIpc) is 2.25. The van der Waals surface area contributed by atoms with Gasteiger partial charge in [-0.2, -0.15) is 0 Å². The van der Waals surface area contributed by atoms with Crippen LogP contribution in [0.25, 0.3) is 0 Å². The molecule has 1 amide bonds. The van der Waals surface area contributed by atoms with Crippen molar-refractivity contribution in [3.8, 4) is 5.75 Å². The van der Waals surface area contributed by atoms with E-state index in [1.54, 1.807) is 0 Å². The maximum Gasteiger partial charge on any atom is 0.223 e. The molecule has 0 spiro atoms. The van der Waals surface area contributed by atoms with Crippen molar-refractivity contribution in [2.24, 2.45) is 0 Å². The standard InChI is InChI=1S/C14H21NO2/c1-4-6-15-14(16)5-7-17-13-9-11(2)8-12(3)10-13/h8-10H,4-7H2,1-3H3,(H,15,16). The molecule has 0 aromatic heterocycles. The predicted octanol–water partition coefficient (Wildman–Crippen LogP) is 2.60. The second-order valence-corrected chi connectivity index (χ2v) is 4.27. The highest BCUT2D eigenvalue weighted by Crippen LogP contribution is 2.16. The van der Waals surface area contributed by atoms with Gasteiger partial charge in [0.25, 0.3) is 0 Å². The summed E-state index contributed by atoms with van der Waals surface area (Å²) in [4.78, 5) is 11.3. The van der Waals surface area contributed by atoms with Crippen LogP contribution in [0.1, 0.15) is 30.9 Å². The van der Waals surface area contributed by atoms with Crippen LogP contribution in [0.3, 0.4) is 0 Å². The molecule has 0 aliphatic carbocycles. The van der Waals surface area contributed by atoms with Gasteiger partial charge in [-0.15, -0.1) is 0 Å². The van der Waals surface area contributed by atoms with Crippen molar-refractivity contribution in [3.63, 3.8) is 0 Å². The molecule has 3 nitrogen and oxygen atoms in total. The Balaban J connectivity index is 2.33. The minimum atomic E-state index is 0.0521. The van der Waals surface area contributed by atoms with E-state index in [0.717, 1.165) is 18.7 Å². The van der Waals surface area contributed by atoms with E-state index in [9.17, 15) is 4.79 Å². The average molecular weight is 235 g/mol. The van der Waals surface area contributed by atoms with Crippen LogP contribution in [-0.4, -0.2) is 19.1 Å². The first-order valence-corrected chi connectivity index (χ1v) is 6.09. The Bertz CT molecular complexity index is 354. The zero-order chi connectivity index (χ0) is 12.7. The maximum atomic E-state index is 11.3. The number of amides is 1. The van der Waals surface area contributed by atoms with Gasteiger partial charge in [0.2, 0.25) is 5.91 Å². The number of aryl methyl sites for hydroxylation is 2. The van der Waals surface area contributed by atoms with Gasteiger partial charge in [-0.05, 0) is 43.5 Å². The van der Waals surface area contributed by atoms with Crippen LogP contribution in [-0.2, 0) is 4.79 Å². The molecule has 0 heterocycles. The molecule has 1 aromatic carbocycles. The summed E-state index contributed by atoms with van der Waals surface area (Å²) in [6.45, 7) is 7.27. The topological polar surface area (TPSA) is 38.3 Å². The highest BCUT2D eigenvalue weighted by Gasteiger charge is 2.01. The highest BCUT2D eigenvalue weighted by molar-refractivity contribution is 5.75. The fourth-order valence-corrected chi connectivity index (χ4v) is 1.63. The summed E-state index contributed by atoms with van der Waals surface area (Å²) in [6.07, 6.45) is 1.37. The van der Waals surface area contributed by atoms with E-state index >= 15 is 0 Å². The van der Waals surface area contributed by atoms with Crippen LogP contribution in [0.4, 0.5) is 0 Å². The highest BCUT2D eigenvalue weighted by atomic mass is 16.5. The first-order valence-electron chi connectivity index (χ1n) is 6.09. The molecule has 94 valence electrons. The summed E-state index contributed by atoms with van der Waals surface area (Å²) in [7, 11) is 0. The van der Waals surface area contributed by atoms with Gasteiger partial charge in [0.1, 0.15) is 5.75 Å². The van der Waals surface area contributed by atoms with Crippen LogP contribution >= 0.6 is 0 Å². The summed E-state index contributed by atoms with van der Waals surface area (Å²) in [5, 5.41) is 2.82. The van der Waals surface area contributed by atoms with Gasteiger partial charge >= 0.3 is 0 Å². The number of hydrogen-bond donors (Lipinski definition) is 1. The Morgan fingerprint density at radius 3 is 2.47 bits per heavy atom. The van der Waals surface area contributed by atoms with Crippen LogP contribution in [0.2, 0.25) is 0 Å². The van der Waals surface area contributed by atoms with Crippen molar-refractivity contribution >= 4 is 5.91 Å². The lowest BCUT2D eigenvalue weighted by molar-refractivity contribution is -0.121. The molecular formula is C14H21NO2. The Kier molecular flexibility index (Phi) is 5.53. The maximum absolute atomic E-state index is 11.3. The first-order chi connectivity index (χ1) is 8.11. The van der Waals surface area contributed by atoms with Gasteiger partial charge in [0, 0.05) is 6.54 Å². The quantitative estimate of drug-likeness (QED) is 0.823. The summed E-state index contributed by atoms with van der Waals surface area (Å²) >= 11 is 0. The van der Waals surface area contributed by atoms with Crippen LogP contribution in [0.15, 0.2) is 18.2 Å². The zero-order valence-corrected chi connectivity index (χ0v) is 10.9. The van der Waals surface area contributed by atoms with Gasteiger partial charge in [-0.3, -0.25) is 4.79 Å². The molecule has 17 heavy (non-hydrogen) atoms. The Labute approximate surface area is 103 Å². The van der Waals surface area contributed by atoms with Crippen molar-refractivity contribution in [3.05, 3.63) is 29.3 Å². The van der Waals surface area contributed by atoms with Gasteiger partial charge in [0.05, 0.1) is 13.0 Å². The Hall–Kier alpha value is -1.51. The van der Waals surface area contributed by atoms with Gasteiger partial charge < -0.3 is 10.1 Å². The fraction of sp³-hybridized carbons (Fsp3) is 0.500. The lowest BCUT2D eigenvalue weighted by Gasteiger charge is -2.08. The van der Waals surface area contributed by atoms with Crippen LogP contribution in [0, 0.1) is 13.8 Å². The number of benzene rings is 1. The monoisotopic (exact) mass is 235 g/mol. The molecule has 0 saturated carbocycles. The molecule has 1 aromatic rings. The third-order valence-electron chi connectivity index (χ3n) is 2.37. The molecule has 0 fully saturated rings. The minimum Gasteiger partial charge on any atom is -0.493 e. The van der Waals surface area contributed by atoms with Gasteiger partial charge in [-0.1, -0.05) is 13.0 Å². The summed E-state index contributed by atoms with van der Waals surface area (Å²) in [5.41, 5.74) is 2.35. The van der Waals surface area contributed by atoms with Crippen molar-refractivity contribution in [1.82, 2.24) is 5.32 Å². The van der Waals surface area contributed by atoms with E-state index in [0.29, 0.717) is 13.0 Å². The first kappa shape index (κ1) is 13.6. The molecule has 0 bridgehead atoms. The molecule has 3 heteroatoms. The summed E-state index contributed by atoms with van der Waals surface area (Å²) in [5.74, 6) is 0.891. The molecule has 0 saturated heterocycles. The SMILES string of the molecule is CCCNC(=O)CCOc1cc(C)cc(C)c1. The van der Waals surface area contributed by atoms with Crippen molar-refractivity contribution < 1.29 is 9.53 Å². The molecule has 0 unspecified atom stereocenters. The largest absolute Gasteiger partial charge is 0.493 e. The van der Waals surface area contributed by atoms with E-state index in [1.165, 1.54) is 11.1 Å². The van der Waals surface area contributed by atoms with E-state index in [1.807, 2.05) is 32.9 Å².